The quantitative estimate of drug-likeness (QED) is 0.518. The highest BCUT2D eigenvalue weighted by Crippen LogP contribution is 2.36. The second-order valence-corrected chi connectivity index (χ2v) is 8.25. The van der Waals surface area contributed by atoms with E-state index in [9.17, 15) is 14.4 Å². The highest BCUT2D eigenvalue weighted by atomic mass is 16.6. The van der Waals surface area contributed by atoms with Gasteiger partial charge in [-0.05, 0) is 48.5 Å². The van der Waals surface area contributed by atoms with E-state index < -0.39 is 5.92 Å². The fraction of sp³-hybridized carbons (Fsp3) is 0.192. The maximum atomic E-state index is 12.8. The van der Waals surface area contributed by atoms with Crippen LogP contribution in [0, 0.1) is 5.92 Å². The highest BCUT2D eigenvalue weighted by Gasteiger charge is 2.35. The van der Waals surface area contributed by atoms with Crippen LogP contribution in [0.3, 0.4) is 0 Å². The van der Waals surface area contributed by atoms with Gasteiger partial charge in [-0.2, -0.15) is 0 Å². The zero-order chi connectivity index (χ0) is 24.2. The minimum absolute atomic E-state index is 0.120. The molecule has 1 atom stereocenters. The third-order valence-corrected chi connectivity index (χ3v) is 5.78. The van der Waals surface area contributed by atoms with Crippen LogP contribution in [0.5, 0.6) is 11.5 Å². The lowest BCUT2D eigenvalue weighted by Gasteiger charge is -2.22. The van der Waals surface area contributed by atoms with E-state index in [1.54, 1.807) is 59.5 Å². The van der Waals surface area contributed by atoms with Gasteiger partial charge in [0.15, 0.2) is 11.5 Å². The Balaban J connectivity index is 1.16. The molecule has 178 valence electrons. The number of hydrogen-bond acceptors (Lipinski definition) is 5. The summed E-state index contributed by atoms with van der Waals surface area (Å²) >= 11 is 0. The van der Waals surface area contributed by atoms with E-state index in [2.05, 4.69) is 16.0 Å². The van der Waals surface area contributed by atoms with E-state index in [4.69, 9.17) is 9.47 Å². The molecule has 0 aromatic heterocycles. The summed E-state index contributed by atoms with van der Waals surface area (Å²) in [5.41, 5.74) is 2.52. The van der Waals surface area contributed by atoms with Gasteiger partial charge < -0.3 is 30.3 Å². The molecule has 0 aliphatic carbocycles. The Labute approximate surface area is 202 Å². The topological polar surface area (TPSA) is 109 Å². The summed E-state index contributed by atoms with van der Waals surface area (Å²) < 4.78 is 11.1. The number of amides is 4. The number of hydrogen-bond donors (Lipinski definition) is 3. The van der Waals surface area contributed by atoms with Gasteiger partial charge in [0, 0.05) is 41.8 Å². The molecule has 3 aromatic rings. The van der Waals surface area contributed by atoms with Gasteiger partial charge in [0.1, 0.15) is 13.2 Å². The van der Waals surface area contributed by atoms with Gasteiger partial charge in [-0.25, -0.2) is 4.79 Å². The highest BCUT2D eigenvalue weighted by molar-refractivity contribution is 6.04. The number of rotatable bonds is 5. The fourth-order valence-electron chi connectivity index (χ4n) is 4.03. The lowest BCUT2D eigenvalue weighted by molar-refractivity contribution is -0.122. The molecule has 35 heavy (non-hydrogen) atoms. The number of carbonyl (C=O) groups is 3. The molecule has 2 heterocycles. The zero-order valence-corrected chi connectivity index (χ0v) is 18.8. The number of urea groups is 1. The molecule has 3 aromatic carbocycles. The number of nitrogens with zero attached hydrogens (tertiary/aromatic N) is 1. The SMILES string of the molecule is O=C(Nc1ccccc1)Nc1ccc(NC(=O)[C@H]2CC(=O)N(c3ccc4c(c3)OCCO4)C2)cc1. The number of para-hydroxylation sites is 1. The number of fused-ring (bicyclic) bond motifs is 1. The maximum absolute atomic E-state index is 12.8. The Hall–Kier alpha value is -4.53. The number of benzene rings is 3. The second kappa shape index (κ2) is 9.76. The molecule has 5 rings (SSSR count). The molecule has 0 bridgehead atoms. The lowest BCUT2D eigenvalue weighted by Crippen LogP contribution is -2.28. The number of nitrogens with one attached hydrogen (secondary N) is 3. The lowest BCUT2D eigenvalue weighted by atomic mass is 10.1. The summed E-state index contributed by atoms with van der Waals surface area (Å²) in [6.07, 6.45) is 0.125. The first-order chi connectivity index (χ1) is 17.0. The van der Waals surface area contributed by atoms with Crippen molar-refractivity contribution in [2.45, 2.75) is 6.42 Å². The third kappa shape index (κ3) is 5.19. The molecule has 3 N–H and O–H groups in total. The predicted octanol–water partition coefficient (Wildman–Crippen LogP) is 4.09. The molecule has 0 unspecified atom stereocenters. The van der Waals surface area contributed by atoms with Crippen LogP contribution in [0.1, 0.15) is 6.42 Å². The van der Waals surface area contributed by atoms with Gasteiger partial charge in [0.2, 0.25) is 11.8 Å². The Morgan fingerprint density at radius 3 is 2.11 bits per heavy atom. The molecule has 0 saturated carbocycles. The Kier molecular flexibility index (Phi) is 6.21. The average molecular weight is 473 g/mol. The first kappa shape index (κ1) is 22.3. The van der Waals surface area contributed by atoms with E-state index in [0.29, 0.717) is 47.5 Å². The van der Waals surface area contributed by atoms with Crippen LogP contribution < -0.4 is 30.3 Å². The molecular weight excluding hydrogens is 448 g/mol. The molecule has 1 saturated heterocycles. The molecule has 9 heteroatoms. The standard InChI is InChI=1S/C26H24N4O5/c31-24-14-17(16-30(24)21-10-11-22-23(15-21)35-13-12-34-22)25(32)27-19-6-8-20(9-7-19)29-26(33)28-18-4-2-1-3-5-18/h1-11,15,17H,12-14,16H2,(H,27,32)(H2,28,29,33)/t17-/m0/s1. The second-order valence-electron chi connectivity index (χ2n) is 8.25. The first-order valence-electron chi connectivity index (χ1n) is 11.3. The smallest absolute Gasteiger partial charge is 0.323 e. The van der Waals surface area contributed by atoms with Crippen LogP contribution in [0.2, 0.25) is 0 Å². The van der Waals surface area contributed by atoms with Crippen LogP contribution in [0.25, 0.3) is 0 Å². The first-order valence-corrected chi connectivity index (χ1v) is 11.3. The van der Waals surface area contributed by atoms with Crippen LogP contribution in [-0.4, -0.2) is 37.6 Å². The minimum atomic E-state index is -0.481. The number of anilines is 4. The van der Waals surface area contributed by atoms with Gasteiger partial charge >= 0.3 is 6.03 Å². The van der Waals surface area contributed by atoms with E-state index in [-0.39, 0.29) is 30.8 Å². The largest absolute Gasteiger partial charge is 0.486 e. The minimum Gasteiger partial charge on any atom is -0.486 e. The van der Waals surface area contributed by atoms with Crippen molar-refractivity contribution in [2.24, 2.45) is 5.92 Å². The Morgan fingerprint density at radius 1 is 0.771 bits per heavy atom. The van der Waals surface area contributed by atoms with Gasteiger partial charge in [-0.1, -0.05) is 18.2 Å². The van der Waals surface area contributed by atoms with E-state index in [1.807, 2.05) is 18.2 Å². The van der Waals surface area contributed by atoms with Gasteiger partial charge in [-0.3, -0.25) is 9.59 Å². The molecular formula is C26H24N4O5. The van der Waals surface area contributed by atoms with Crippen molar-refractivity contribution >= 4 is 40.6 Å². The van der Waals surface area contributed by atoms with Crippen molar-refractivity contribution in [3.63, 3.8) is 0 Å². The maximum Gasteiger partial charge on any atom is 0.323 e. The van der Waals surface area contributed by atoms with E-state index >= 15 is 0 Å². The van der Waals surface area contributed by atoms with Crippen LogP contribution in [0.4, 0.5) is 27.5 Å². The summed E-state index contributed by atoms with van der Waals surface area (Å²) in [5, 5.41) is 8.34. The Morgan fingerprint density at radius 2 is 1.40 bits per heavy atom. The van der Waals surface area contributed by atoms with Gasteiger partial charge in [0.05, 0.1) is 5.92 Å². The average Bonchev–Trinajstić information content (AvgIpc) is 3.27. The van der Waals surface area contributed by atoms with Crippen molar-refractivity contribution < 1.29 is 23.9 Å². The van der Waals surface area contributed by atoms with Crippen LogP contribution in [-0.2, 0) is 9.59 Å². The van der Waals surface area contributed by atoms with E-state index in [1.165, 1.54) is 0 Å². The molecule has 0 spiro atoms. The van der Waals surface area contributed by atoms with Gasteiger partial charge in [-0.15, -0.1) is 0 Å². The molecule has 0 radical (unpaired) electrons. The van der Waals surface area contributed by atoms with Crippen LogP contribution in [0.15, 0.2) is 72.8 Å². The van der Waals surface area contributed by atoms with Crippen molar-refractivity contribution in [1.82, 2.24) is 0 Å². The molecule has 9 nitrogen and oxygen atoms in total. The molecule has 4 amide bonds. The third-order valence-electron chi connectivity index (χ3n) is 5.78. The number of ether oxygens (including phenoxy) is 2. The molecule has 2 aliphatic rings. The summed E-state index contributed by atoms with van der Waals surface area (Å²) in [6.45, 7) is 1.24. The van der Waals surface area contributed by atoms with Crippen molar-refractivity contribution in [3.8, 4) is 11.5 Å². The normalized spacial score (nSPS) is 16.5. The number of carbonyl (C=O) groups excluding carboxylic acids is 3. The summed E-state index contributed by atoms with van der Waals surface area (Å²) in [5.74, 6) is 0.411. The summed E-state index contributed by atoms with van der Waals surface area (Å²) in [6, 6.07) is 20.9. The van der Waals surface area contributed by atoms with Crippen molar-refractivity contribution in [2.75, 3.05) is 40.6 Å². The molecule has 1 fully saturated rings. The fourth-order valence-corrected chi connectivity index (χ4v) is 4.03. The van der Waals surface area contributed by atoms with Crippen LogP contribution >= 0.6 is 0 Å². The summed E-state index contributed by atoms with van der Waals surface area (Å²) in [7, 11) is 0. The van der Waals surface area contributed by atoms with Crippen molar-refractivity contribution in [3.05, 3.63) is 72.8 Å². The Bertz CT molecular complexity index is 1250. The predicted molar refractivity (Wildman–Crippen MR) is 132 cm³/mol. The molecule has 2 aliphatic heterocycles. The van der Waals surface area contributed by atoms with E-state index in [0.717, 1.165) is 0 Å². The monoisotopic (exact) mass is 472 g/mol. The zero-order valence-electron chi connectivity index (χ0n) is 18.8. The summed E-state index contributed by atoms with van der Waals surface area (Å²) in [4.78, 5) is 39.2. The van der Waals surface area contributed by atoms with Gasteiger partial charge in [0.25, 0.3) is 0 Å². The van der Waals surface area contributed by atoms with Crippen molar-refractivity contribution in [1.29, 1.82) is 0 Å².